The minimum Gasteiger partial charge on any atom is -0.492 e. The van der Waals surface area contributed by atoms with E-state index in [1.165, 1.54) is 19.3 Å². The van der Waals surface area contributed by atoms with Crippen molar-refractivity contribution in [2.24, 2.45) is 0 Å². The van der Waals surface area contributed by atoms with E-state index in [0.717, 1.165) is 25.2 Å². The van der Waals surface area contributed by atoms with Crippen molar-refractivity contribution in [1.29, 1.82) is 0 Å². The molecule has 5 rings (SSSR count). The Morgan fingerprint density at radius 1 is 0.972 bits per heavy atom. The van der Waals surface area contributed by atoms with E-state index >= 15 is 4.39 Å². The summed E-state index contributed by atoms with van der Waals surface area (Å²) >= 11 is 0. The van der Waals surface area contributed by atoms with E-state index in [9.17, 15) is 13.2 Å². The standard InChI is InChI=1S/C26H28FN3O5S/c27-25-22-16-21(34-14-13-29-11-5-2-6-12-29)10-9-20(22)15-23(35-18-19-7-3-1-4-8-19)26(25)30-17-24(31)28-36(30,32)33/h1,3-4,7-10,15-16H,2,5-6,11-14,17-18H2,(H,28,31). The minimum atomic E-state index is -4.25. The molecule has 8 nitrogen and oxygen atoms in total. The van der Waals surface area contributed by atoms with Gasteiger partial charge in [-0.15, -0.1) is 0 Å². The maximum atomic E-state index is 16.0. The fourth-order valence-corrected chi connectivity index (χ4v) is 5.75. The van der Waals surface area contributed by atoms with Gasteiger partial charge in [0.25, 0.3) is 5.91 Å². The lowest BCUT2D eigenvalue weighted by Crippen LogP contribution is -2.33. The fraction of sp³-hybridized carbons (Fsp3) is 0.346. The normalized spacial score (nSPS) is 17.8. The number of carbonyl (C=O) groups is 1. The number of rotatable bonds is 8. The molecule has 0 atom stereocenters. The number of halogens is 1. The quantitative estimate of drug-likeness (QED) is 0.495. The van der Waals surface area contributed by atoms with Gasteiger partial charge >= 0.3 is 10.2 Å². The third-order valence-electron chi connectivity index (χ3n) is 6.42. The third-order valence-corrected chi connectivity index (χ3v) is 7.80. The van der Waals surface area contributed by atoms with Crippen LogP contribution in [0.1, 0.15) is 24.8 Å². The zero-order valence-electron chi connectivity index (χ0n) is 19.8. The Bertz CT molecular complexity index is 1360. The molecule has 2 aliphatic rings. The van der Waals surface area contributed by atoms with Crippen molar-refractivity contribution < 1.29 is 27.1 Å². The van der Waals surface area contributed by atoms with Gasteiger partial charge in [-0.05, 0) is 55.1 Å². The van der Waals surface area contributed by atoms with E-state index < -0.39 is 28.5 Å². The molecular formula is C26H28FN3O5S. The molecule has 2 aliphatic heterocycles. The molecule has 36 heavy (non-hydrogen) atoms. The largest absolute Gasteiger partial charge is 0.492 e. The fourth-order valence-electron chi connectivity index (χ4n) is 4.59. The lowest BCUT2D eigenvalue weighted by molar-refractivity contribution is -0.117. The van der Waals surface area contributed by atoms with Gasteiger partial charge < -0.3 is 9.47 Å². The smallest absolute Gasteiger partial charge is 0.326 e. The van der Waals surface area contributed by atoms with Gasteiger partial charge in [0.1, 0.15) is 36.9 Å². The SMILES string of the molecule is O=C1CN(c2c(OCc3ccccc3)cc3ccc(OCCN4CCCCC4)cc3c2F)S(=O)(=O)N1. The molecule has 3 aromatic carbocycles. The highest BCUT2D eigenvalue weighted by molar-refractivity contribution is 7.92. The van der Waals surface area contributed by atoms with Crippen LogP contribution in [-0.4, -0.2) is 52.0 Å². The number of ether oxygens (including phenoxy) is 2. The van der Waals surface area contributed by atoms with Crippen molar-refractivity contribution >= 4 is 32.6 Å². The molecule has 0 bridgehead atoms. The Morgan fingerprint density at radius 2 is 1.75 bits per heavy atom. The Balaban J connectivity index is 1.46. The first-order valence-electron chi connectivity index (χ1n) is 12.0. The summed E-state index contributed by atoms with van der Waals surface area (Å²) < 4.78 is 55.6. The molecule has 1 amide bonds. The van der Waals surface area contributed by atoms with Crippen molar-refractivity contribution in [2.75, 3.05) is 37.1 Å². The van der Waals surface area contributed by atoms with Gasteiger partial charge in [-0.3, -0.25) is 9.69 Å². The molecule has 190 valence electrons. The summed E-state index contributed by atoms with van der Waals surface area (Å²) in [6.45, 7) is 2.95. The van der Waals surface area contributed by atoms with Crippen molar-refractivity contribution in [1.82, 2.24) is 9.62 Å². The molecule has 2 heterocycles. The van der Waals surface area contributed by atoms with Crippen molar-refractivity contribution in [3.05, 3.63) is 66.0 Å². The summed E-state index contributed by atoms with van der Waals surface area (Å²) in [5, 5.41) is 0.709. The molecule has 0 unspecified atom stereocenters. The van der Waals surface area contributed by atoms with Crippen molar-refractivity contribution in [2.45, 2.75) is 25.9 Å². The number of anilines is 1. The van der Waals surface area contributed by atoms with Gasteiger partial charge in [0.15, 0.2) is 5.82 Å². The highest BCUT2D eigenvalue weighted by Gasteiger charge is 2.38. The molecule has 1 N–H and O–H groups in total. The highest BCUT2D eigenvalue weighted by Crippen LogP contribution is 2.40. The zero-order chi connectivity index (χ0) is 25.1. The zero-order valence-corrected chi connectivity index (χ0v) is 20.6. The Hall–Kier alpha value is -3.37. The van der Waals surface area contributed by atoms with Crippen LogP contribution >= 0.6 is 0 Å². The number of amides is 1. The first-order valence-corrected chi connectivity index (χ1v) is 13.5. The van der Waals surface area contributed by atoms with E-state index in [-0.39, 0.29) is 23.4 Å². The van der Waals surface area contributed by atoms with E-state index in [4.69, 9.17) is 9.47 Å². The van der Waals surface area contributed by atoms with Gasteiger partial charge in [0.2, 0.25) is 0 Å². The summed E-state index contributed by atoms with van der Waals surface area (Å²) in [5.74, 6) is -1.01. The van der Waals surface area contributed by atoms with Gasteiger partial charge in [-0.25, -0.2) is 13.4 Å². The summed E-state index contributed by atoms with van der Waals surface area (Å²) in [5.41, 5.74) is 0.530. The number of benzene rings is 3. The highest BCUT2D eigenvalue weighted by atomic mass is 32.2. The summed E-state index contributed by atoms with van der Waals surface area (Å²) in [7, 11) is -4.25. The average Bonchev–Trinajstić information content (AvgIpc) is 3.15. The van der Waals surface area contributed by atoms with Crippen LogP contribution in [0.15, 0.2) is 54.6 Å². The molecule has 3 aromatic rings. The molecule has 10 heteroatoms. The number of fused-ring (bicyclic) bond motifs is 1. The molecule has 0 spiro atoms. The summed E-state index contributed by atoms with van der Waals surface area (Å²) in [6, 6.07) is 15.9. The summed E-state index contributed by atoms with van der Waals surface area (Å²) in [6.07, 6.45) is 3.64. The van der Waals surface area contributed by atoms with E-state index in [2.05, 4.69) is 4.90 Å². The van der Waals surface area contributed by atoms with Crippen LogP contribution in [0.25, 0.3) is 10.8 Å². The molecular weight excluding hydrogens is 485 g/mol. The lowest BCUT2D eigenvalue weighted by Gasteiger charge is -2.26. The second-order valence-corrected chi connectivity index (χ2v) is 10.6. The molecule has 0 radical (unpaired) electrons. The predicted molar refractivity (Wildman–Crippen MR) is 135 cm³/mol. The van der Waals surface area contributed by atoms with Gasteiger partial charge in [-0.2, -0.15) is 8.42 Å². The number of likely N-dealkylation sites (tertiary alicyclic amines) is 1. The molecule has 0 aromatic heterocycles. The molecule has 0 aliphatic carbocycles. The maximum absolute atomic E-state index is 16.0. The third kappa shape index (κ3) is 5.24. The average molecular weight is 514 g/mol. The van der Waals surface area contributed by atoms with E-state index in [0.29, 0.717) is 22.0 Å². The number of nitrogens with zero attached hydrogens (tertiary/aromatic N) is 2. The number of piperidine rings is 1. The Kier molecular flexibility index (Phi) is 6.97. The van der Waals surface area contributed by atoms with Gasteiger partial charge in [0.05, 0.1) is 0 Å². The Morgan fingerprint density at radius 3 is 2.47 bits per heavy atom. The van der Waals surface area contributed by atoms with Crippen LogP contribution in [-0.2, 0) is 21.6 Å². The van der Waals surface area contributed by atoms with Crippen LogP contribution < -0.4 is 18.5 Å². The molecule has 2 saturated heterocycles. The van der Waals surface area contributed by atoms with Crippen LogP contribution in [0.4, 0.5) is 10.1 Å². The van der Waals surface area contributed by atoms with Crippen LogP contribution in [0, 0.1) is 5.82 Å². The number of hydrogen-bond acceptors (Lipinski definition) is 6. The molecule has 0 saturated carbocycles. The van der Waals surface area contributed by atoms with Crippen LogP contribution in [0.3, 0.4) is 0 Å². The minimum absolute atomic E-state index is 0.0303. The molecule has 2 fully saturated rings. The topological polar surface area (TPSA) is 88.2 Å². The Labute approximate surface area is 209 Å². The maximum Gasteiger partial charge on any atom is 0.326 e. The first-order chi connectivity index (χ1) is 17.4. The monoisotopic (exact) mass is 513 g/mol. The summed E-state index contributed by atoms with van der Waals surface area (Å²) in [4.78, 5) is 14.2. The number of hydrogen-bond donors (Lipinski definition) is 1. The number of carbonyl (C=O) groups excluding carboxylic acids is 1. The lowest BCUT2D eigenvalue weighted by atomic mass is 10.1. The second kappa shape index (κ2) is 10.3. The van der Waals surface area contributed by atoms with Crippen LogP contribution in [0.2, 0.25) is 0 Å². The van der Waals surface area contributed by atoms with Crippen LogP contribution in [0.5, 0.6) is 11.5 Å². The van der Waals surface area contributed by atoms with Crippen molar-refractivity contribution in [3.63, 3.8) is 0 Å². The van der Waals surface area contributed by atoms with Gasteiger partial charge in [-0.1, -0.05) is 42.8 Å². The van der Waals surface area contributed by atoms with E-state index in [1.54, 1.807) is 24.3 Å². The number of nitrogens with one attached hydrogen (secondary N) is 1. The predicted octanol–water partition coefficient (Wildman–Crippen LogP) is 3.60. The van der Waals surface area contributed by atoms with Gasteiger partial charge in [0, 0.05) is 11.9 Å². The first kappa shape index (κ1) is 24.3. The second-order valence-electron chi connectivity index (χ2n) is 8.98. The van der Waals surface area contributed by atoms with E-state index in [1.807, 2.05) is 35.1 Å². The van der Waals surface area contributed by atoms with Crippen molar-refractivity contribution in [3.8, 4) is 11.5 Å².